The SMILES string of the molecule is Cc1ccc(C2=C(c3cn[nH]n3)C(=O)NC(C#CC3CC3)(C(F)(F)F)C2)cc1. The smallest absolute Gasteiger partial charge is 0.328 e. The van der Waals surface area contributed by atoms with Crippen molar-refractivity contribution >= 4 is 17.1 Å². The minimum atomic E-state index is -4.73. The Hall–Kier alpha value is -3.08. The van der Waals surface area contributed by atoms with E-state index >= 15 is 0 Å². The molecule has 1 fully saturated rings. The molecule has 1 amide bonds. The van der Waals surface area contributed by atoms with Crippen LogP contribution in [0.5, 0.6) is 0 Å². The van der Waals surface area contributed by atoms with Gasteiger partial charge in [0.25, 0.3) is 5.91 Å². The largest absolute Gasteiger partial charge is 0.423 e. The first-order valence-electron chi connectivity index (χ1n) is 8.87. The summed E-state index contributed by atoms with van der Waals surface area (Å²) in [7, 11) is 0. The van der Waals surface area contributed by atoms with Crippen LogP contribution in [0.1, 0.15) is 36.1 Å². The van der Waals surface area contributed by atoms with E-state index in [2.05, 4.69) is 32.6 Å². The Labute approximate surface area is 159 Å². The minimum Gasteiger partial charge on any atom is -0.328 e. The van der Waals surface area contributed by atoms with Crippen LogP contribution >= 0.6 is 0 Å². The quantitative estimate of drug-likeness (QED) is 0.779. The Morgan fingerprint density at radius 2 is 1.93 bits per heavy atom. The Morgan fingerprint density at radius 1 is 1.21 bits per heavy atom. The van der Waals surface area contributed by atoms with E-state index in [9.17, 15) is 18.0 Å². The summed E-state index contributed by atoms with van der Waals surface area (Å²) in [4.78, 5) is 12.8. The minimum absolute atomic E-state index is 0.0279. The summed E-state index contributed by atoms with van der Waals surface area (Å²) in [5.74, 6) is 4.15. The molecule has 0 radical (unpaired) electrons. The van der Waals surface area contributed by atoms with Gasteiger partial charge in [0.15, 0.2) is 0 Å². The number of hydrogen-bond donors (Lipinski definition) is 2. The van der Waals surface area contributed by atoms with Gasteiger partial charge in [-0.2, -0.15) is 28.6 Å². The van der Waals surface area contributed by atoms with Gasteiger partial charge in [-0.15, -0.1) is 0 Å². The van der Waals surface area contributed by atoms with E-state index < -0.39 is 24.0 Å². The third-order valence-electron chi connectivity index (χ3n) is 4.92. The standard InChI is InChI=1S/C20H17F3N4O/c1-12-2-6-14(7-3-12)15-10-19(20(21,22)23,9-8-13-4-5-13)25-18(28)17(15)16-11-24-27-26-16/h2-3,6-7,11,13H,4-5,10H2,1H3,(H,25,28)(H,24,26,27). The number of alkyl halides is 3. The molecule has 2 aromatic rings. The molecular weight excluding hydrogens is 369 g/mol. The lowest BCUT2D eigenvalue weighted by molar-refractivity contribution is -0.180. The van der Waals surface area contributed by atoms with Crippen molar-refractivity contribution in [2.45, 2.75) is 37.9 Å². The van der Waals surface area contributed by atoms with Crippen LogP contribution in [0.2, 0.25) is 0 Å². The fourth-order valence-corrected chi connectivity index (χ4v) is 3.16. The fraction of sp³-hybridized carbons (Fsp3) is 0.350. The molecule has 0 saturated heterocycles. The lowest BCUT2D eigenvalue weighted by Gasteiger charge is -2.37. The van der Waals surface area contributed by atoms with E-state index in [0.29, 0.717) is 5.56 Å². The molecule has 1 unspecified atom stereocenters. The number of H-pyrrole nitrogens is 1. The number of carbonyl (C=O) groups excluding carboxylic acids is 1. The van der Waals surface area contributed by atoms with Crippen molar-refractivity contribution in [3.8, 4) is 11.8 Å². The number of nitrogens with zero attached hydrogens (tertiary/aromatic N) is 2. The maximum atomic E-state index is 14.1. The molecule has 28 heavy (non-hydrogen) atoms. The molecule has 0 spiro atoms. The second-order valence-electron chi connectivity index (χ2n) is 7.15. The van der Waals surface area contributed by atoms with Crippen LogP contribution < -0.4 is 5.32 Å². The van der Waals surface area contributed by atoms with Gasteiger partial charge in [0.1, 0.15) is 5.69 Å². The van der Waals surface area contributed by atoms with Crippen LogP contribution in [-0.4, -0.2) is 33.0 Å². The Morgan fingerprint density at radius 3 is 2.50 bits per heavy atom. The lowest BCUT2D eigenvalue weighted by atomic mass is 9.80. The molecule has 1 aromatic heterocycles. The van der Waals surface area contributed by atoms with Gasteiger partial charge in [0, 0.05) is 12.3 Å². The van der Waals surface area contributed by atoms with Crippen LogP contribution in [-0.2, 0) is 4.79 Å². The van der Waals surface area contributed by atoms with Gasteiger partial charge in [-0.25, -0.2) is 0 Å². The van der Waals surface area contributed by atoms with Crippen molar-refractivity contribution in [1.82, 2.24) is 20.7 Å². The predicted octanol–water partition coefficient (Wildman–Crippen LogP) is 3.26. The summed E-state index contributed by atoms with van der Waals surface area (Å²) >= 11 is 0. The molecule has 4 rings (SSSR count). The Balaban J connectivity index is 1.89. The normalized spacial score (nSPS) is 22.5. The van der Waals surface area contributed by atoms with Gasteiger partial charge in [-0.1, -0.05) is 41.7 Å². The fourth-order valence-electron chi connectivity index (χ4n) is 3.16. The number of carbonyl (C=O) groups is 1. The zero-order valence-electron chi connectivity index (χ0n) is 15.0. The molecule has 1 atom stereocenters. The molecule has 0 bridgehead atoms. The van der Waals surface area contributed by atoms with E-state index in [1.54, 1.807) is 24.3 Å². The first-order chi connectivity index (χ1) is 13.3. The second kappa shape index (κ2) is 6.51. The number of amides is 1. The van der Waals surface area contributed by atoms with Crippen LogP contribution in [0.3, 0.4) is 0 Å². The highest BCUT2D eigenvalue weighted by Crippen LogP contribution is 2.44. The van der Waals surface area contributed by atoms with Crippen LogP contribution in [0.4, 0.5) is 13.2 Å². The third kappa shape index (κ3) is 3.28. The van der Waals surface area contributed by atoms with Gasteiger partial charge < -0.3 is 5.32 Å². The van der Waals surface area contributed by atoms with Gasteiger partial charge in [0.05, 0.1) is 11.8 Å². The molecule has 1 aliphatic carbocycles. The zero-order valence-corrected chi connectivity index (χ0v) is 15.0. The van der Waals surface area contributed by atoms with Crippen molar-refractivity contribution in [3.63, 3.8) is 0 Å². The molecule has 1 aliphatic heterocycles. The molecular formula is C20H17F3N4O. The van der Waals surface area contributed by atoms with Gasteiger partial charge in [-0.3, -0.25) is 4.79 Å². The number of nitrogens with one attached hydrogen (secondary N) is 2. The summed E-state index contributed by atoms with van der Waals surface area (Å²) in [6.07, 6.45) is -2.32. The van der Waals surface area contributed by atoms with Crippen molar-refractivity contribution < 1.29 is 18.0 Å². The van der Waals surface area contributed by atoms with E-state index in [-0.39, 0.29) is 22.8 Å². The number of aromatic amines is 1. The number of benzene rings is 1. The maximum absolute atomic E-state index is 14.1. The second-order valence-corrected chi connectivity index (χ2v) is 7.15. The zero-order chi connectivity index (χ0) is 19.9. The van der Waals surface area contributed by atoms with Gasteiger partial charge >= 0.3 is 6.18 Å². The number of rotatable bonds is 2. The third-order valence-corrected chi connectivity index (χ3v) is 4.92. The predicted molar refractivity (Wildman–Crippen MR) is 96.4 cm³/mol. The van der Waals surface area contributed by atoms with E-state index in [4.69, 9.17) is 0 Å². The van der Waals surface area contributed by atoms with Crippen molar-refractivity contribution in [3.05, 3.63) is 47.3 Å². The number of aromatic nitrogens is 3. The topological polar surface area (TPSA) is 70.7 Å². The van der Waals surface area contributed by atoms with Crippen molar-refractivity contribution in [2.24, 2.45) is 5.92 Å². The van der Waals surface area contributed by atoms with E-state index in [1.807, 2.05) is 6.92 Å². The monoisotopic (exact) mass is 386 g/mol. The molecule has 8 heteroatoms. The highest BCUT2D eigenvalue weighted by Gasteiger charge is 2.58. The lowest BCUT2D eigenvalue weighted by Crippen LogP contribution is -2.60. The summed E-state index contributed by atoms with van der Waals surface area (Å²) in [5, 5.41) is 12.1. The van der Waals surface area contributed by atoms with Crippen LogP contribution in [0.15, 0.2) is 30.5 Å². The summed E-state index contributed by atoms with van der Waals surface area (Å²) in [6, 6.07) is 7.00. The van der Waals surface area contributed by atoms with Gasteiger partial charge in [0.2, 0.25) is 5.54 Å². The maximum Gasteiger partial charge on any atom is 0.423 e. The number of halogens is 3. The summed E-state index contributed by atoms with van der Waals surface area (Å²) in [6.45, 7) is 1.88. The molecule has 2 aliphatic rings. The molecule has 2 N–H and O–H groups in total. The molecule has 1 saturated carbocycles. The van der Waals surface area contributed by atoms with Crippen molar-refractivity contribution in [1.29, 1.82) is 0 Å². The average Bonchev–Trinajstić information content (AvgIpc) is 3.32. The average molecular weight is 386 g/mol. The number of aryl methyl sites for hydroxylation is 1. The first kappa shape index (κ1) is 18.3. The highest BCUT2D eigenvalue weighted by atomic mass is 19.4. The molecule has 5 nitrogen and oxygen atoms in total. The van der Waals surface area contributed by atoms with E-state index in [0.717, 1.165) is 18.4 Å². The van der Waals surface area contributed by atoms with Crippen LogP contribution in [0.25, 0.3) is 11.1 Å². The highest BCUT2D eigenvalue weighted by molar-refractivity contribution is 6.28. The van der Waals surface area contributed by atoms with Crippen molar-refractivity contribution in [2.75, 3.05) is 0 Å². The molecule has 2 heterocycles. The number of hydrogen-bond acceptors (Lipinski definition) is 3. The Bertz CT molecular complexity index is 993. The summed E-state index contributed by atoms with van der Waals surface area (Å²) in [5.41, 5.74) is -0.617. The molecule has 144 valence electrons. The Kier molecular flexibility index (Phi) is 4.26. The first-order valence-corrected chi connectivity index (χ1v) is 8.87. The molecule has 1 aromatic carbocycles. The van der Waals surface area contributed by atoms with E-state index in [1.165, 1.54) is 6.20 Å². The summed E-state index contributed by atoms with van der Waals surface area (Å²) < 4.78 is 42.3. The van der Waals surface area contributed by atoms with Crippen LogP contribution in [0, 0.1) is 24.7 Å². The van der Waals surface area contributed by atoms with Gasteiger partial charge in [-0.05, 0) is 30.9 Å².